The van der Waals surface area contributed by atoms with Crippen molar-refractivity contribution in [2.45, 2.75) is 13.5 Å². The quantitative estimate of drug-likeness (QED) is 0.871. The van der Waals surface area contributed by atoms with Gasteiger partial charge in [0.05, 0.1) is 6.54 Å². The van der Waals surface area contributed by atoms with Gasteiger partial charge in [0.2, 0.25) is 0 Å². The summed E-state index contributed by atoms with van der Waals surface area (Å²) in [6.45, 7) is 2.76. The first kappa shape index (κ1) is 11.7. The molecular formula is C12H11Br2NO. The minimum Gasteiger partial charge on any atom is -0.452 e. The molecule has 0 aliphatic heterocycles. The van der Waals surface area contributed by atoms with E-state index < -0.39 is 0 Å². The third kappa shape index (κ3) is 2.89. The molecule has 0 atom stereocenters. The highest BCUT2D eigenvalue weighted by Crippen LogP contribution is 2.22. The van der Waals surface area contributed by atoms with Gasteiger partial charge >= 0.3 is 0 Å². The van der Waals surface area contributed by atoms with Crippen molar-refractivity contribution in [2.75, 3.05) is 5.32 Å². The Hall–Kier alpha value is -0.740. The molecule has 0 fully saturated rings. The van der Waals surface area contributed by atoms with E-state index in [1.807, 2.05) is 18.2 Å². The van der Waals surface area contributed by atoms with Crippen LogP contribution in [0.3, 0.4) is 0 Å². The van der Waals surface area contributed by atoms with Gasteiger partial charge in [-0.2, -0.15) is 0 Å². The van der Waals surface area contributed by atoms with Crippen molar-refractivity contribution in [3.63, 3.8) is 0 Å². The van der Waals surface area contributed by atoms with Crippen LogP contribution in [0, 0.1) is 6.92 Å². The van der Waals surface area contributed by atoms with E-state index in [0.29, 0.717) is 6.54 Å². The fourth-order valence-corrected chi connectivity index (χ4v) is 2.11. The Morgan fingerprint density at radius 3 is 2.69 bits per heavy atom. The van der Waals surface area contributed by atoms with E-state index in [9.17, 15) is 0 Å². The van der Waals surface area contributed by atoms with E-state index in [4.69, 9.17) is 4.42 Å². The van der Waals surface area contributed by atoms with E-state index in [1.54, 1.807) is 0 Å². The monoisotopic (exact) mass is 343 g/mol. The van der Waals surface area contributed by atoms with E-state index in [-0.39, 0.29) is 0 Å². The van der Waals surface area contributed by atoms with Crippen LogP contribution in [0.5, 0.6) is 0 Å². The van der Waals surface area contributed by atoms with Gasteiger partial charge in [-0.1, -0.05) is 22.0 Å². The lowest BCUT2D eigenvalue weighted by atomic mass is 10.2. The predicted octanol–water partition coefficient (Wildman–Crippen LogP) is 4.73. The third-order valence-electron chi connectivity index (χ3n) is 2.28. The molecular weight excluding hydrogens is 334 g/mol. The fraction of sp³-hybridized carbons (Fsp3) is 0.167. The second-order valence-corrected chi connectivity index (χ2v) is 5.22. The van der Waals surface area contributed by atoms with Crippen LogP contribution in [0.25, 0.3) is 0 Å². The Bertz CT molecular complexity index is 494. The van der Waals surface area contributed by atoms with Crippen molar-refractivity contribution in [1.82, 2.24) is 0 Å². The van der Waals surface area contributed by atoms with Crippen LogP contribution < -0.4 is 5.32 Å². The molecule has 2 nitrogen and oxygen atoms in total. The second kappa shape index (κ2) is 5.06. The number of hydrogen-bond donors (Lipinski definition) is 1. The van der Waals surface area contributed by atoms with E-state index >= 15 is 0 Å². The standard InChI is InChI=1S/C12H11Br2NO/c1-8-2-3-9(13)6-11(8)15-7-10-4-5-12(14)16-10/h2-6,15H,7H2,1H3. The summed E-state index contributed by atoms with van der Waals surface area (Å²) in [6.07, 6.45) is 0. The van der Waals surface area contributed by atoms with Gasteiger partial charge in [-0.25, -0.2) is 0 Å². The summed E-state index contributed by atoms with van der Waals surface area (Å²) in [4.78, 5) is 0. The van der Waals surface area contributed by atoms with Gasteiger partial charge < -0.3 is 9.73 Å². The minimum absolute atomic E-state index is 0.683. The SMILES string of the molecule is Cc1ccc(Br)cc1NCc1ccc(Br)o1. The Kier molecular flexibility index (Phi) is 3.71. The third-order valence-corrected chi connectivity index (χ3v) is 3.20. The molecule has 0 saturated heterocycles. The number of furan rings is 1. The highest BCUT2D eigenvalue weighted by atomic mass is 79.9. The summed E-state index contributed by atoms with van der Waals surface area (Å²) < 4.78 is 7.25. The summed E-state index contributed by atoms with van der Waals surface area (Å²) in [5, 5.41) is 3.34. The van der Waals surface area contributed by atoms with Crippen LogP contribution >= 0.6 is 31.9 Å². The summed E-state index contributed by atoms with van der Waals surface area (Å²) in [5.74, 6) is 0.909. The molecule has 2 rings (SSSR count). The molecule has 1 N–H and O–H groups in total. The van der Waals surface area contributed by atoms with Crippen molar-refractivity contribution >= 4 is 37.5 Å². The highest BCUT2D eigenvalue weighted by Gasteiger charge is 2.02. The lowest BCUT2D eigenvalue weighted by molar-refractivity contribution is 0.495. The van der Waals surface area contributed by atoms with Gasteiger partial charge in [-0.05, 0) is 52.7 Å². The largest absolute Gasteiger partial charge is 0.452 e. The Labute approximate surface area is 111 Å². The molecule has 0 unspecified atom stereocenters. The zero-order valence-electron chi connectivity index (χ0n) is 8.76. The van der Waals surface area contributed by atoms with Gasteiger partial charge in [-0.3, -0.25) is 0 Å². The van der Waals surface area contributed by atoms with Gasteiger partial charge in [0.1, 0.15) is 5.76 Å². The minimum atomic E-state index is 0.683. The molecule has 1 aromatic heterocycles. The Morgan fingerprint density at radius 2 is 2.00 bits per heavy atom. The number of hydrogen-bond acceptors (Lipinski definition) is 2. The molecule has 0 radical (unpaired) electrons. The first-order valence-electron chi connectivity index (χ1n) is 4.89. The molecule has 1 aromatic carbocycles. The summed E-state index contributed by atoms with van der Waals surface area (Å²) in [5.41, 5.74) is 2.33. The number of aryl methyl sites for hydroxylation is 1. The maximum Gasteiger partial charge on any atom is 0.169 e. The highest BCUT2D eigenvalue weighted by molar-refractivity contribution is 9.10. The lowest BCUT2D eigenvalue weighted by Gasteiger charge is -2.08. The topological polar surface area (TPSA) is 25.2 Å². The normalized spacial score (nSPS) is 10.4. The molecule has 84 valence electrons. The van der Waals surface area contributed by atoms with E-state index in [1.165, 1.54) is 5.56 Å². The molecule has 0 spiro atoms. The van der Waals surface area contributed by atoms with Crippen LogP contribution in [0.1, 0.15) is 11.3 Å². The maximum absolute atomic E-state index is 5.42. The molecule has 0 saturated carbocycles. The van der Waals surface area contributed by atoms with E-state index in [0.717, 1.165) is 20.6 Å². The number of nitrogens with one attached hydrogen (secondary N) is 1. The van der Waals surface area contributed by atoms with E-state index in [2.05, 4.69) is 56.2 Å². The smallest absolute Gasteiger partial charge is 0.169 e. The van der Waals surface area contributed by atoms with Gasteiger partial charge in [0.25, 0.3) is 0 Å². The van der Waals surface area contributed by atoms with Gasteiger partial charge in [0.15, 0.2) is 4.67 Å². The zero-order chi connectivity index (χ0) is 11.5. The maximum atomic E-state index is 5.42. The number of anilines is 1. The average molecular weight is 345 g/mol. The number of halogens is 2. The molecule has 0 amide bonds. The molecule has 16 heavy (non-hydrogen) atoms. The fourth-order valence-electron chi connectivity index (χ4n) is 1.41. The van der Waals surface area contributed by atoms with Crippen LogP contribution in [-0.2, 0) is 6.54 Å². The number of benzene rings is 1. The Balaban J connectivity index is 2.07. The van der Waals surface area contributed by atoms with Crippen molar-refractivity contribution in [2.24, 2.45) is 0 Å². The first-order chi connectivity index (χ1) is 7.65. The zero-order valence-corrected chi connectivity index (χ0v) is 11.9. The first-order valence-corrected chi connectivity index (χ1v) is 6.48. The van der Waals surface area contributed by atoms with Crippen molar-refractivity contribution < 1.29 is 4.42 Å². The average Bonchev–Trinajstić information content (AvgIpc) is 2.66. The molecule has 2 aromatic rings. The van der Waals surface area contributed by atoms with Crippen LogP contribution in [0.15, 0.2) is 43.9 Å². The van der Waals surface area contributed by atoms with Gasteiger partial charge in [-0.15, -0.1) is 0 Å². The predicted molar refractivity (Wildman–Crippen MR) is 72.6 cm³/mol. The molecule has 0 aliphatic carbocycles. The van der Waals surface area contributed by atoms with Crippen LogP contribution in [0.4, 0.5) is 5.69 Å². The lowest BCUT2D eigenvalue weighted by Crippen LogP contribution is -1.99. The summed E-state index contributed by atoms with van der Waals surface area (Å²) in [7, 11) is 0. The molecule has 4 heteroatoms. The molecule has 1 heterocycles. The summed E-state index contributed by atoms with van der Waals surface area (Å²) in [6, 6.07) is 10.0. The summed E-state index contributed by atoms with van der Waals surface area (Å²) >= 11 is 6.74. The van der Waals surface area contributed by atoms with Crippen molar-refractivity contribution in [3.8, 4) is 0 Å². The second-order valence-electron chi connectivity index (χ2n) is 3.52. The molecule has 0 bridgehead atoms. The van der Waals surface area contributed by atoms with Crippen LogP contribution in [0.2, 0.25) is 0 Å². The van der Waals surface area contributed by atoms with Crippen molar-refractivity contribution in [1.29, 1.82) is 0 Å². The van der Waals surface area contributed by atoms with Gasteiger partial charge in [0, 0.05) is 10.2 Å². The van der Waals surface area contributed by atoms with Crippen molar-refractivity contribution in [3.05, 3.63) is 50.8 Å². The molecule has 0 aliphatic rings. The number of rotatable bonds is 3. The Morgan fingerprint density at radius 1 is 1.19 bits per heavy atom. The van der Waals surface area contributed by atoms with Crippen LogP contribution in [-0.4, -0.2) is 0 Å².